The summed E-state index contributed by atoms with van der Waals surface area (Å²) in [5.41, 5.74) is 2.38. The molecule has 216 valence electrons. The van der Waals surface area contributed by atoms with Crippen LogP contribution in [0.2, 0.25) is 0 Å². The van der Waals surface area contributed by atoms with Crippen LogP contribution in [0.4, 0.5) is 10.5 Å². The number of benzene rings is 2. The molecule has 1 aliphatic carbocycles. The number of carbonyl (C=O) groups is 3. The van der Waals surface area contributed by atoms with E-state index in [4.69, 9.17) is 4.74 Å². The predicted molar refractivity (Wildman–Crippen MR) is 161 cm³/mol. The molecule has 3 aromatic rings. The molecule has 8 heteroatoms. The molecular formula is C33H38N2O5S. The highest BCUT2D eigenvalue weighted by Crippen LogP contribution is 2.40. The minimum atomic E-state index is -1.02. The zero-order valence-corrected chi connectivity index (χ0v) is 24.4. The highest BCUT2D eigenvalue weighted by atomic mass is 32.1. The quantitative estimate of drug-likeness (QED) is 0.305. The molecule has 1 saturated carbocycles. The van der Waals surface area contributed by atoms with Crippen LogP contribution in [0.5, 0.6) is 0 Å². The van der Waals surface area contributed by atoms with E-state index >= 15 is 0 Å². The Bertz CT molecular complexity index is 1330. The Labute approximate surface area is 245 Å². The van der Waals surface area contributed by atoms with E-state index in [-0.39, 0.29) is 35.3 Å². The van der Waals surface area contributed by atoms with Crippen molar-refractivity contribution in [3.8, 4) is 10.4 Å². The number of hydrogen-bond donors (Lipinski definition) is 1. The van der Waals surface area contributed by atoms with Crippen molar-refractivity contribution in [2.75, 3.05) is 24.5 Å². The predicted octanol–water partition coefficient (Wildman–Crippen LogP) is 7.32. The summed E-state index contributed by atoms with van der Waals surface area (Å²) in [5.74, 6) is -0.319. The number of nitrogens with zero attached hydrogens (tertiary/aromatic N) is 2. The van der Waals surface area contributed by atoms with Crippen LogP contribution >= 0.6 is 11.3 Å². The Kier molecular flexibility index (Phi) is 9.39. The molecule has 5 rings (SSSR count). The zero-order valence-electron chi connectivity index (χ0n) is 23.5. The molecule has 1 aliphatic heterocycles. The molecule has 2 aromatic carbocycles. The van der Waals surface area contributed by atoms with Gasteiger partial charge >= 0.3 is 12.1 Å². The summed E-state index contributed by atoms with van der Waals surface area (Å²) in [7, 11) is 0. The first-order valence-electron chi connectivity index (χ1n) is 14.6. The minimum Gasteiger partial charge on any atom is -0.477 e. The first kappa shape index (κ1) is 28.9. The van der Waals surface area contributed by atoms with E-state index in [1.54, 1.807) is 9.80 Å². The minimum absolute atomic E-state index is 0.0292. The van der Waals surface area contributed by atoms with Gasteiger partial charge in [-0.3, -0.25) is 4.79 Å². The summed E-state index contributed by atoms with van der Waals surface area (Å²) in [5, 5.41) is 10.2. The average molecular weight is 575 g/mol. The van der Waals surface area contributed by atoms with Gasteiger partial charge in [0.1, 0.15) is 11.5 Å². The number of anilines is 1. The molecule has 7 nitrogen and oxygen atoms in total. The van der Waals surface area contributed by atoms with Crippen LogP contribution in [-0.4, -0.2) is 47.6 Å². The van der Waals surface area contributed by atoms with Crippen molar-refractivity contribution in [1.29, 1.82) is 0 Å². The lowest BCUT2D eigenvalue weighted by molar-refractivity contribution is -0.123. The number of hydrogen-bond acceptors (Lipinski definition) is 5. The van der Waals surface area contributed by atoms with E-state index < -0.39 is 5.97 Å². The molecule has 0 atom stereocenters. The van der Waals surface area contributed by atoms with E-state index in [1.807, 2.05) is 66.7 Å². The van der Waals surface area contributed by atoms with E-state index in [0.717, 1.165) is 54.5 Å². The highest BCUT2D eigenvalue weighted by molar-refractivity contribution is 7.18. The third kappa shape index (κ3) is 7.17. The number of piperidine rings is 1. The van der Waals surface area contributed by atoms with Crippen molar-refractivity contribution >= 4 is 35.0 Å². The van der Waals surface area contributed by atoms with Gasteiger partial charge in [0.05, 0.1) is 5.69 Å². The fraction of sp³-hybridized carbons (Fsp3) is 0.424. The Balaban J connectivity index is 1.31. The molecule has 0 spiro atoms. The van der Waals surface area contributed by atoms with Gasteiger partial charge in [-0.25, -0.2) is 9.59 Å². The number of carboxylic acids is 1. The second-order valence-corrected chi connectivity index (χ2v) is 12.4. The van der Waals surface area contributed by atoms with Crippen molar-refractivity contribution in [2.45, 2.75) is 52.1 Å². The second kappa shape index (κ2) is 13.3. The van der Waals surface area contributed by atoms with Gasteiger partial charge in [-0.1, -0.05) is 67.6 Å². The van der Waals surface area contributed by atoms with Crippen LogP contribution < -0.4 is 4.90 Å². The smallest absolute Gasteiger partial charge is 0.410 e. The van der Waals surface area contributed by atoms with Crippen LogP contribution in [0.15, 0.2) is 66.7 Å². The van der Waals surface area contributed by atoms with E-state index in [1.165, 1.54) is 11.3 Å². The second-order valence-electron chi connectivity index (χ2n) is 11.4. The van der Waals surface area contributed by atoms with Crippen molar-refractivity contribution < 1.29 is 24.2 Å². The first-order valence-corrected chi connectivity index (χ1v) is 15.4. The van der Waals surface area contributed by atoms with E-state index in [0.29, 0.717) is 31.2 Å². The fourth-order valence-electron chi connectivity index (χ4n) is 5.88. The number of aromatic carboxylic acids is 1. The monoisotopic (exact) mass is 574 g/mol. The number of thiophene rings is 1. The van der Waals surface area contributed by atoms with Crippen molar-refractivity contribution in [1.82, 2.24) is 4.90 Å². The van der Waals surface area contributed by atoms with Crippen LogP contribution in [0.3, 0.4) is 0 Å². The summed E-state index contributed by atoms with van der Waals surface area (Å²) in [4.78, 5) is 43.7. The summed E-state index contributed by atoms with van der Waals surface area (Å²) >= 11 is 1.22. The third-order valence-electron chi connectivity index (χ3n) is 8.41. The summed E-state index contributed by atoms with van der Waals surface area (Å²) in [6.45, 7) is 4.01. The lowest BCUT2D eigenvalue weighted by atomic mass is 9.82. The maximum absolute atomic E-state index is 14.0. The molecule has 0 radical (unpaired) electrons. The molecule has 2 aliphatic rings. The molecule has 2 fully saturated rings. The number of amides is 2. The summed E-state index contributed by atoms with van der Waals surface area (Å²) < 4.78 is 5.52. The molecule has 1 saturated heterocycles. The molecule has 2 amide bonds. The van der Waals surface area contributed by atoms with Gasteiger partial charge in [0.25, 0.3) is 0 Å². The van der Waals surface area contributed by atoms with E-state index in [9.17, 15) is 19.5 Å². The number of rotatable bonds is 8. The van der Waals surface area contributed by atoms with Gasteiger partial charge in [0, 0.05) is 30.4 Å². The van der Waals surface area contributed by atoms with Gasteiger partial charge in [-0.05, 0) is 67.6 Å². The number of ether oxygens (including phenoxy) is 1. The van der Waals surface area contributed by atoms with Crippen molar-refractivity contribution in [3.63, 3.8) is 0 Å². The largest absolute Gasteiger partial charge is 0.477 e. The maximum Gasteiger partial charge on any atom is 0.410 e. The normalized spacial score (nSPS) is 19.5. The van der Waals surface area contributed by atoms with Gasteiger partial charge in [0.2, 0.25) is 5.91 Å². The Hall–Kier alpha value is -3.65. The Morgan fingerprint density at radius 2 is 1.56 bits per heavy atom. The van der Waals surface area contributed by atoms with Crippen LogP contribution in [0.1, 0.15) is 60.7 Å². The number of likely N-dealkylation sites (tertiary alicyclic amines) is 1. The molecule has 1 N–H and O–H groups in total. The standard InChI is InChI=1S/C33H38N2O5S/c1-23-12-14-27(15-13-23)31(36)35(28-20-29(41-30(28)32(37)38)26-10-6-3-7-11-26)21-24-16-18-34(19-17-24)33(39)40-22-25-8-4-2-5-9-25/h2-11,20,23-24,27H,12-19,21-22H2,1H3,(H,37,38). The van der Waals surface area contributed by atoms with Gasteiger partial charge in [-0.15, -0.1) is 11.3 Å². The fourth-order valence-corrected chi connectivity index (χ4v) is 6.89. The summed E-state index contributed by atoms with van der Waals surface area (Å²) in [6.07, 6.45) is 4.82. The Morgan fingerprint density at radius 3 is 2.20 bits per heavy atom. The zero-order chi connectivity index (χ0) is 28.8. The summed E-state index contributed by atoms with van der Waals surface area (Å²) in [6, 6.07) is 21.2. The van der Waals surface area contributed by atoms with Crippen molar-refractivity contribution in [2.24, 2.45) is 17.8 Å². The Morgan fingerprint density at radius 1 is 0.927 bits per heavy atom. The lowest BCUT2D eigenvalue weighted by Gasteiger charge is -2.36. The van der Waals surface area contributed by atoms with E-state index in [2.05, 4.69) is 6.92 Å². The molecule has 41 heavy (non-hydrogen) atoms. The number of carbonyl (C=O) groups excluding carboxylic acids is 2. The molecule has 0 unspecified atom stereocenters. The van der Waals surface area contributed by atoms with Gasteiger partial charge < -0.3 is 19.6 Å². The van der Waals surface area contributed by atoms with Gasteiger partial charge in [-0.2, -0.15) is 0 Å². The lowest BCUT2D eigenvalue weighted by Crippen LogP contribution is -2.45. The van der Waals surface area contributed by atoms with Crippen LogP contribution in [0.25, 0.3) is 10.4 Å². The third-order valence-corrected chi connectivity index (χ3v) is 9.57. The molecule has 0 bridgehead atoms. The number of carboxylic acid groups (broad SMARTS) is 1. The highest BCUT2D eigenvalue weighted by Gasteiger charge is 2.34. The average Bonchev–Trinajstić information content (AvgIpc) is 3.46. The maximum atomic E-state index is 14.0. The molecular weight excluding hydrogens is 536 g/mol. The molecule has 2 heterocycles. The van der Waals surface area contributed by atoms with Gasteiger partial charge in [0.15, 0.2) is 0 Å². The van der Waals surface area contributed by atoms with Crippen LogP contribution in [-0.2, 0) is 16.1 Å². The van der Waals surface area contributed by atoms with Crippen LogP contribution in [0, 0.1) is 17.8 Å². The first-order chi connectivity index (χ1) is 19.9. The topological polar surface area (TPSA) is 87.2 Å². The van der Waals surface area contributed by atoms with Crippen molar-refractivity contribution in [3.05, 3.63) is 77.2 Å². The SMILES string of the molecule is CC1CCC(C(=O)N(CC2CCN(C(=O)OCc3ccccc3)CC2)c2cc(-c3ccccc3)sc2C(=O)O)CC1. The molecule has 1 aromatic heterocycles.